The van der Waals surface area contributed by atoms with Crippen LogP contribution in [0.1, 0.15) is 27.7 Å². The highest BCUT2D eigenvalue weighted by Gasteiger charge is 2.41. The van der Waals surface area contributed by atoms with Crippen molar-refractivity contribution in [2.75, 3.05) is 71.0 Å². The molecule has 38 heavy (non-hydrogen) atoms. The first-order valence-corrected chi connectivity index (χ1v) is 18.3. The SMILES string of the molecule is CNC(=S)NCCSSCOC1C(C)[C@H](C)O[C@@H]1COC.COC[C@H]1O[C@@H](C)C(C)C1OCSSCCN. The Kier molecular flexibility index (Phi) is 21.7. The van der Waals surface area contributed by atoms with Gasteiger partial charge in [-0.15, -0.1) is 0 Å². The molecule has 2 heterocycles. The highest BCUT2D eigenvalue weighted by atomic mass is 33.1. The summed E-state index contributed by atoms with van der Waals surface area (Å²) >= 11 is 5.00. The van der Waals surface area contributed by atoms with Gasteiger partial charge in [0, 0.05) is 57.7 Å². The summed E-state index contributed by atoms with van der Waals surface area (Å²) in [5.41, 5.74) is 5.42. The predicted octanol–water partition coefficient (Wildman–Crippen LogP) is 3.61. The van der Waals surface area contributed by atoms with E-state index >= 15 is 0 Å². The van der Waals surface area contributed by atoms with Crippen LogP contribution in [0.15, 0.2) is 0 Å². The van der Waals surface area contributed by atoms with E-state index in [1.165, 1.54) is 0 Å². The second-order valence-corrected chi connectivity index (χ2v) is 14.5. The van der Waals surface area contributed by atoms with Crippen molar-refractivity contribution in [3.05, 3.63) is 0 Å². The van der Waals surface area contributed by atoms with Gasteiger partial charge in [0.15, 0.2) is 5.11 Å². The molecule has 0 amide bonds. The van der Waals surface area contributed by atoms with Crippen LogP contribution in [0.4, 0.5) is 0 Å². The number of hydrogen-bond donors (Lipinski definition) is 3. The van der Waals surface area contributed by atoms with E-state index < -0.39 is 0 Å². The van der Waals surface area contributed by atoms with Crippen LogP contribution in [0.2, 0.25) is 0 Å². The van der Waals surface area contributed by atoms with Gasteiger partial charge in [-0.3, -0.25) is 0 Å². The molecule has 2 rings (SSSR count). The van der Waals surface area contributed by atoms with E-state index in [4.69, 9.17) is 46.4 Å². The fraction of sp³-hybridized carbons (Fsp3) is 0.958. The number of nitrogens with one attached hydrogen (secondary N) is 2. The van der Waals surface area contributed by atoms with E-state index in [-0.39, 0.29) is 36.6 Å². The molecule has 2 aliphatic rings. The van der Waals surface area contributed by atoms with E-state index in [1.807, 2.05) is 7.05 Å². The maximum absolute atomic E-state index is 5.98. The Bertz CT molecular complexity index is 618. The van der Waals surface area contributed by atoms with Gasteiger partial charge in [0.05, 0.1) is 37.6 Å². The summed E-state index contributed by atoms with van der Waals surface area (Å²) in [6.45, 7) is 11.3. The van der Waals surface area contributed by atoms with Crippen LogP contribution < -0.4 is 16.4 Å². The second-order valence-electron chi connectivity index (χ2n) is 9.06. The molecular weight excluding hydrogens is 587 g/mol. The van der Waals surface area contributed by atoms with Crippen LogP contribution >= 0.6 is 55.4 Å². The van der Waals surface area contributed by atoms with Crippen LogP contribution in [0.3, 0.4) is 0 Å². The molecule has 0 bridgehead atoms. The van der Waals surface area contributed by atoms with Gasteiger partial charge in [0.25, 0.3) is 0 Å². The van der Waals surface area contributed by atoms with Gasteiger partial charge < -0.3 is 44.8 Å². The fourth-order valence-corrected chi connectivity index (χ4v) is 7.19. The number of rotatable bonds is 17. The zero-order chi connectivity index (χ0) is 28.3. The first kappa shape index (κ1) is 36.8. The molecule has 0 spiro atoms. The minimum Gasteiger partial charge on any atom is -0.382 e. The number of methoxy groups -OCH3 is 2. The molecule has 226 valence electrons. The van der Waals surface area contributed by atoms with Gasteiger partial charge >= 0.3 is 0 Å². The Balaban J connectivity index is 0.000000389. The monoisotopic (exact) mass is 635 g/mol. The molecule has 0 saturated carbocycles. The molecule has 0 aromatic heterocycles. The number of thiocarbonyl (C=S) groups is 1. The molecule has 0 aromatic carbocycles. The third-order valence-corrected chi connectivity index (χ3v) is 10.9. The molecular formula is C24H49N3O6S5. The van der Waals surface area contributed by atoms with E-state index in [9.17, 15) is 0 Å². The molecule has 2 fully saturated rings. The summed E-state index contributed by atoms with van der Waals surface area (Å²) in [4.78, 5) is 0. The van der Waals surface area contributed by atoms with Gasteiger partial charge in [-0.25, -0.2) is 0 Å². The lowest BCUT2D eigenvalue weighted by atomic mass is 9.99. The van der Waals surface area contributed by atoms with Crippen LogP contribution in [0, 0.1) is 11.8 Å². The van der Waals surface area contributed by atoms with Gasteiger partial charge in [0.2, 0.25) is 0 Å². The van der Waals surface area contributed by atoms with E-state index in [2.05, 4.69) is 38.3 Å². The van der Waals surface area contributed by atoms with Crippen LogP contribution in [-0.4, -0.2) is 113 Å². The smallest absolute Gasteiger partial charge is 0.166 e. The van der Waals surface area contributed by atoms with Crippen molar-refractivity contribution < 1.29 is 28.4 Å². The zero-order valence-electron chi connectivity index (χ0n) is 23.8. The quantitative estimate of drug-likeness (QED) is 0.0938. The molecule has 4 unspecified atom stereocenters. The Morgan fingerprint density at radius 3 is 1.71 bits per heavy atom. The minimum atomic E-state index is 0.0419. The first-order chi connectivity index (χ1) is 18.3. The third kappa shape index (κ3) is 14.1. The van der Waals surface area contributed by atoms with Crippen molar-refractivity contribution in [2.45, 2.75) is 64.3 Å². The van der Waals surface area contributed by atoms with Crippen LogP contribution in [0.25, 0.3) is 0 Å². The van der Waals surface area contributed by atoms with Crippen molar-refractivity contribution >= 4 is 60.5 Å². The number of nitrogens with two attached hydrogens (primary N) is 1. The van der Waals surface area contributed by atoms with Gasteiger partial charge in [0.1, 0.15) is 24.1 Å². The summed E-state index contributed by atoms with van der Waals surface area (Å²) in [5, 5.41) is 6.68. The van der Waals surface area contributed by atoms with E-state index in [0.29, 0.717) is 48.6 Å². The lowest BCUT2D eigenvalue weighted by Crippen LogP contribution is -2.33. The largest absolute Gasteiger partial charge is 0.382 e. The Labute approximate surface area is 251 Å². The summed E-state index contributed by atoms with van der Waals surface area (Å²) < 4.78 is 33.9. The molecule has 8 atom stereocenters. The van der Waals surface area contributed by atoms with E-state index in [1.54, 1.807) is 57.4 Å². The zero-order valence-corrected chi connectivity index (χ0v) is 27.9. The van der Waals surface area contributed by atoms with Crippen LogP contribution in [-0.2, 0) is 28.4 Å². The lowest BCUT2D eigenvalue weighted by Gasteiger charge is -2.20. The van der Waals surface area contributed by atoms with Gasteiger partial charge in [-0.05, 0) is 26.1 Å². The van der Waals surface area contributed by atoms with Crippen molar-refractivity contribution in [3.63, 3.8) is 0 Å². The molecule has 0 aliphatic carbocycles. The first-order valence-electron chi connectivity index (χ1n) is 13.0. The number of hydrogen-bond acceptors (Lipinski definition) is 12. The fourth-order valence-electron chi connectivity index (χ4n) is 4.02. The summed E-state index contributed by atoms with van der Waals surface area (Å²) in [5.74, 6) is 4.08. The second kappa shape index (κ2) is 22.4. The molecule has 2 saturated heterocycles. The molecule has 0 aromatic rings. The predicted molar refractivity (Wildman–Crippen MR) is 169 cm³/mol. The van der Waals surface area contributed by atoms with Gasteiger partial charge in [-0.1, -0.05) is 57.0 Å². The Morgan fingerprint density at radius 2 is 1.29 bits per heavy atom. The number of ether oxygens (including phenoxy) is 6. The maximum atomic E-state index is 5.98. The molecule has 2 aliphatic heterocycles. The topological polar surface area (TPSA) is 105 Å². The molecule has 14 heteroatoms. The average molecular weight is 636 g/mol. The van der Waals surface area contributed by atoms with Crippen LogP contribution in [0.5, 0.6) is 0 Å². The normalized spacial score (nSPS) is 30.6. The van der Waals surface area contributed by atoms with Crippen molar-refractivity contribution in [2.24, 2.45) is 17.6 Å². The molecule has 0 radical (unpaired) electrons. The van der Waals surface area contributed by atoms with E-state index in [0.717, 1.165) is 18.1 Å². The third-order valence-electron chi connectivity index (χ3n) is 6.37. The maximum Gasteiger partial charge on any atom is 0.166 e. The average Bonchev–Trinajstić information content (AvgIpc) is 3.32. The Hall–Kier alpha value is 0.810. The summed E-state index contributed by atoms with van der Waals surface area (Å²) in [6.07, 6.45) is 0.811. The van der Waals surface area contributed by atoms with Gasteiger partial charge in [-0.2, -0.15) is 0 Å². The van der Waals surface area contributed by atoms with Crippen molar-refractivity contribution in [1.82, 2.24) is 10.6 Å². The highest BCUT2D eigenvalue weighted by molar-refractivity contribution is 8.77. The Morgan fingerprint density at radius 1 is 0.816 bits per heavy atom. The minimum absolute atomic E-state index is 0.0419. The molecule has 4 N–H and O–H groups in total. The molecule has 9 nitrogen and oxygen atoms in total. The lowest BCUT2D eigenvalue weighted by molar-refractivity contribution is -0.0440. The summed E-state index contributed by atoms with van der Waals surface area (Å²) in [7, 11) is 12.1. The van der Waals surface area contributed by atoms with Crippen molar-refractivity contribution in [1.29, 1.82) is 0 Å². The highest BCUT2D eigenvalue weighted by Crippen LogP contribution is 2.32. The summed E-state index contributed by atoms with van der Waals surface area (Å²) in [6, 6.07) is 0. The standard InChI is InChI=1S/C13H26N2O3S3.C11H23NO3S2/c1-9-10(2)18-11(7-16-4)12(9)17-8-21-20-6-5-15-13(19)14-3;1-8-9(2)15-10(6-13-3)11(8)14-7-17-16-5-4-12/h9-12H,5-8H2,1-4H3,(H2,14,15,19);8-11H,4-7,12H2,1-3H3/t9?,10-,11+,12?;8?,9-,10+,11?/m00/s1. The van der Waals surface area contributed by atoms with Crippen molar-refractivity contribution in [3.8, 4) is 0 Å².